The Hall–Kier alpha value is -1.86. The summed E-state index contributed by atoms with van der Waals surface area (Å²) < 4.78 is 5.20. The number of rotatable bonds is 5. The molecule has 0 aromatic heterocycles. The molecule has 4 nitrogen and oxygen atoms in total. The number of benzene rings is 1. The monoisotopic (exact) mass is 273 g/mol. The highest BCUT2D eigenvalue weighted by Gasteiger charge is 2.26. The van der Waals surface area contributed by atoms with E-state index < -0.39 is 6.10 Å². The van der Waals surface area contributed by atoms with E-state index in [1.807, 2.05) is 24.3 Å². The van der Waals surface area contributed by atoms with Crippen molar-refractivity contribution in [2.45, 2.75) is 50.7 Å². The fourth-order valence-electron chi connectivity index (χ4n) is 2.49. The van der Waals surface area contributed by atoms with Crippen molar-refractivity contribution in [2.24, 2.45) is 0 Å². The van der Waals surface area contributed by atoms with E-state index in [9.17, 15) is 9.90 Å². The molecule has 0 unspecified atom stereocenters. The lowest BCUT2D eigenvalue weighted by molar-refractivity contribution is -0.160. The average Bonchev–Trinajstić information content (AvgIpc) is 2.43. The van der Waals surface area contributed by atoms with Gasteiger partial charge in [0.15, 0.2) is 0 Å². The zero-order valence-corrected chi connectivity index (χ0v) is 11.4. The summed E-state index contributed by atoms with van der Waals surface area (Å²) in [6, 6.07) is 9.71. The molecule has 1 aliphatic rings. The summed E-state index contributed by atoms with van der Waals surface area (Å²) in [5, 5.41) is 18.2. The predicted octanol–water partition coefficient (Wildman–Crippen LogP) is 2.34. The summed E-state index contributed by atoms with van der Waals surface area (Å²) >= 11 is 0. The number of ether oxygens (including phenoxy) is 1. The van der Waals surface area contributed by atoms with Crippen LogP contribution >= 0.6 is 0 Å². The lowest BCUT2D eigenvalue weighted by Gasteiger charge is -2.25. The Morgan fingerprint density at radius 3 is 2.70 bits per heavy atom. The number of aryl methyl sites for hydroxylation is 1. The maximum atomic E-state index is 11.2. The molecular formula is C16H19NO3. The van der Waals surface area contributed by atoms with Crippen LogP contribution in [-0.4, -0.2) is 23.3 Å². The van der Waals surface area contributed by atoms with Crippen LogP contribution in [0.4, 0.5) is 0 Å². The van der Waals surface area contributed by atoms with E-state index in [2.05, 4.69) is 6.07 Å². The van der Waals surface area contributed by atoms with E-state index in [0.29, 0.717) is 12.0 Å². The lowest BCUT2D eigenvalue weighted by Crippen LogP contribution is -2.32. The molecule has 1 saturated heterocycles. The van der Waals surface area contributed by atoms with E-state index in [4.69, 9.17) is 10.00 Å². The van der Waals surface area contributed by atoms with Crippen LogP contribution in [0.25, 0.3) is 0 Å². The van der Waals surface area contributed by atoms with Crippen molar-refractivity contribution in [3.63, 3.8) is 0 Å². The molecular weight excluding hydrogens is 254 g/mol. The molecule has 1 aromatic rings. The number of carbonyl (C=O) groups excluding carboxylic acids is 1. The largest absolute Gasteiger partial charge is 0.462 e. The number of hydrogen-bond donors (Lipinski definition) is 1. The molecule has 2 atom stereocenters. The van der Waals surface area contributed by atoms with Gasteiger partial charge >= 0.3 is 5.97 Å². The first-order chi connectivity index (χ1) is 9.67. The molecule has 1 N–H and O–H groups in total. The van der Waals surface area contributed by atoms with Crippen molar-refractivity contribution in [1.29, 1.82) is 5.26 Å². The van der Waals surface area contributed by atoms with Gasteiger partial charge in [0.2, 0.25) is 0 Å². The minimum Gasteiger partial charge on any atom is -0.462 e. The Labute approximate surface area is 119 Å². The number of esters is 1. The third-order valence-electron chi connectivity index (χ3n) is 3.56. The molecule has 0 amide bonds. The van der Waals surface area contributed by atoms with Crippen LogP contribution in [0.5, 0.6) is 0 Å². The predicted molar refractivity (Wildman–Crippen MR) is 73.8 cm³/mol. The molecule has 4 heteroatoms. The summed E-state index contributed by atoms with van der Waals surface area (Å²) in [6.07, 6.45) is 3.74. The van der Waals surface area contributed by atoms with Gasteiger partial charge in [0.05, 0.1) is 24.2 Å². The smallest absolute Gasteiger partial charge is 0.308 e. The van der Waals surface area contributed by atoms with Gasteiger partial charge in [-0.2, -0.15) is 5.26 Å². The fraction of sp³-hybridized carbons (Fsp3) is 0.500. The van der Waals surface area contributed by atoms with Crippen molar-refractivity contribution in [2.75, 3.05) is 0 Å². The minimum atomic E-state index is -0.542. The van der Waals surface area contributed by atoms with Crippen molar-refractivity contribution >= 4 is 5.97 Å². The molecule has 106 valence electrons. The Balaban J connectivity index is 1.68. The summed E-state index contributed by atoms with van der Waals surface area (Å²) in [5.74, 6) is -0.291. The molecule has 0 aliphatic carbocycles. The van der Waals surface area contributed by atoms with Gasteiger partial charge in [0.25, 0.3) is 0 Å². The number of carbonyl (C=O) groups is 1. The van der Waals surface area contributed by atoms with Gasteiger partial charge in [-0.3, -0.25) is 4.79 Å². The minimum absolute atomic E-state index is 0.127. The summed E-state index contributed by atoms with van der Waals surface area (Å²) in [4.78, 5) is 11.2. The van der Waals surface area contributed by atoms with Crippen LogP contribution in [-0.2, 0) is 16.0 Å². The highest BCUT2D eigenvalue weighted by Crippen LogP contribution is 2.20. The van der Waals surface area contributed by atoms with Gasteiger partial charge in [-0.25, -0.2) is 0 Å². The van der Waals surface area contributed by atoms with Crippen LogP contribution < -0.4 is 0 Å². The molecule has 0 saturated carbocycles. The quantitative estimate of drug-likeness (QED) is 0.660. The fourth-order valence-corrected chi connectivity index (χ4v) is 2.49. The van der Waals surface area contributed by atoms with Crippen LogP contribution in [0.15, 0.2) is 24.3 Å². The van der Waals surface area contributed by atoms with Gasteiger partial charge in [-0.15, -0.1) is 0 Å². The molecule has 0 spiro atoms. The third-order valence-corrected chi connectivity index (χ3v) is 3.56. The number of unbranched alkanes of at least 4 members (excludes halogenated alkanes) is 1. The third kappa shape index (κ3) is 4.36. The van der Waals surface area contributed by atoms with Crippen LogP contribution in [0, 0.1) is 11.3 Å². The standard InChI is InChI=1S/C16H19NO3/c17-11-13-7-5-12(6-8-13)3-1-2-4-15-9-14(18)10-16(19)20-15/h5-8,14-15,18H,1-4,9-10H2/t14-,15-/m1/s1. The topological polar surface area (TPSA) is 70.3 Å². The van der Waals surface area contributed by atoms with E-state index in [-0.39, 0.29) is 18.5 Å². The number of nitrogens with zero attached hydrogens (tertiary/aromatic N) is 1. The normalized spacial score (nSPS) is 22.1. The Morgan fingerprint density at radius 1 is 1.30 bits per heavy atom. The van der Waals surface area contributed by atoms with Crippen molar-refractivity contribution in [3.05, 3.63) is 35.4 Å². The van der Waals surface area contributed by atoms with E-state index in [0.717, 1.165) is 25.7 Å². The number of cyclic esters (lactones) is 1. The Kier molecular flexibility index (Phi) is 5.14. The molecule has 0 radical (unpaired) electrons. The zero-order valence-electron chi connectivity index (χ0n) is 11.4. The lowest BCUT2D eigenvalue weighted by atomic mass is 9.99. The van der Waals surface area contributed by atoms with Crippen molar-refractivity contribution < 1.29 is 14.6 Å². The number of aliphatic hydroxyl groups excluding tert-OH is 1. The SMILES string of the molecule is N#Cc1ccc(CCCC[C@@H]2C[C@@H](O)CC(=O)O2)cc1. The summed E-state index contributed by atoms with van der Waals surface area (Å²) in [6.45, 7) is 0. The molecule has 0 bridgehead atoms. The van der Waals surface area contributed by atoms with Crippen LogP contribution in [0.1, 0.15) is 43.2 Å². The van der Waals surface area contributed by atoms with Gasteiger partial charge in [-0.1, -0.05) is 12.1 Å². The first-order valence-electron chi connectivity index (χ1n) is 7.04. The first kappa shape index (κ1) is 14.5. The Bertz CT molecular complexity index is 489. The van der Waals surface area contributed by atoms with Gasteiger partial charge in [0, 0.05) is 6.42 Å². The molecule has 20 heavy (non-hydrogen) atoms. The highest BCUT2D eigenvalue weighted by molar-refractivity contribution is 5.70. The average molecular weight is 273 g/mol. The molecule has 1 aromatic carbocycles. The molecule has 1 aliphatic heterocycles. The van der Waals surface area contributed by atoms with Gasteiger partial charge in [0.1, 0.15) is 6.10 Å². The summed E-state index contributed by atoms with van der Waals surface area (Å²) in [7, 11) is 0. The maximum absolute atomic E-state index is 11.2. The maximum Gasteiger partial charge on any atom is 0.308 e. The number of nitriles is 1. The number of hydrogen-bond acceptors (Lipinski definition) is 4. The second-order valence-corrected chi connectivity index (χ2v) is 5.26. The summed E-state index contributed by atoms with van der Waals surface area (Å²) in [5.41, 5.74) is 1.89. The van der Waals surface area contributed by atoms with E-state index in [1.54, 1.807) is 0 Å². The van der Waals surface area contributed by atoms with Gasteiger partial charge in [-0.05, 0) is 43.4 Å². The second kappa shape index (κ2) is 7.06. The van der Waals surface area contributed by atoms with E-state index in [1.165, 1.54) is 5.56 Å². The molecule has 2 rings (SSSR count). The van der Waals surface area contributed by atoms with Crippen LogP contribution in [0.3, 0.4) is 0 Å². The molecule has 1 heterocycles. The van der Waals surface area contributed by atoms with Gasteiger partial charge < -0.3 is 9.84 Å². The molecule has 1 fully saturated rings. The first-order valence-corrected chi connectivity index (χ1v) is 7.04. The number of aliphatic hydroxyl groups is 1. The van der Waals surface area contributed by atoms with Crippen molar-refractivity contribution in [3.8, 4) is 6.07 Å². The van der Waals surface area contributed by atoms with E-state index >= 15 is 0 Å². The second-order valence-electron chi connectivity index (χ2n) is 5.26. The van der Waals surface area contributed by atoms with Crippen molar-refractivity contribution in [1.82, 2.24) is 0 Å². The Morgan fingerprint density at radius 2 is 2.05 bits per heavy atom. The highest BCUT2D eigenvalue weighted by atomic mass is 16.5. The zero-order chi connectivity index (χ0) is 14.4. The van der Waals surface area contributed by atoms with Crippen LogP contribution in [0.2, 0.25) is 0 Å².